The molecular weight excluding hydrogens is 544 g/mol. The standard InChI is InChI=1S/C28H25ClN2O5S2/c29-21-7-4-8-22(16-21)38(35,36)31-17-25(32)27-23(13-14-37-27)24(26(31)28(33)30-34)15-18-9-11-20(12-10-18)19-5-2-1-3-6-19/h1-14,16,24-26,32,34H,15,17H2,(H,30,33)/t24-,25-,26+/m0/s1. The van der Waals surface area contributed by atoms with Gasteiger partial charge >= 0.3 is 0 Å². The van der Waals surface area contributed by atoms with E-state index in [4.69, 9.17) is 11.6 Å². The van der Waals surface area contributed by atoms with Crippen LogP contribution in [0.5, 0.6) is 0 Å². The molecular formula is C28H25ClN2O5S2. The van der Waals surface area contributed by atoms with Crippen molar-refractivity contribution < 1.29 is 23.5 Å². The number of hydroxylamine groups is 1. The number of hydrogen-bond donors (Lipinski definition) is 3. The average Bonchev–Trinajstić information content (AvgIpc) is 3.39. The highest BCUT2D eigenvalue weighted by Crippen LogP contribution is 2.42. The summed E-state index contributed by atoms with van der Waals surface area (Å²) in [7, 11) is -4.29. The number of fused-ring (bicyclic) bond motifs is 1. The quantitative estimate of drug-likeness (QED) is 0.224. The van der Waals surface area contributed by atoms with Crippen molar-refractivity contribution in [3.8, 4) is 11.1 Å². The van der Waals surface area contributed by atoms with Gasteiger partial charge in [-0.25, -0.2) is 13.9 Å². The van der Waals surface area contributed by atoms with Crippen LogP contribution in [0, 0.1) is 0 Å². The topological polar surface area (TPSA) is 107 Å². The van der Waals surface area contributed by atoms with E-state index < -0.39 is 34.0 Å². The van der Waals surface area contributed by atoms with E-state index in [1.807, 2.05) is 60.0 Å². The fraction of sp³-hybridized carbons (Fsp3) is 0.179. The summed E-state index contributed by atoms with van der Waals surface area (Å²) >= 11 is 7.38. The Morgan fingerprint density at radius 2 is 1.71 bits per heavy atom. The zero-order chi connectivity index (χ0) is 26.9. The molecule has 0 unspecified atom stereocenters. The number of β-amino-alcohol motifs (C(OH)–C–C–N with tert-alkyl or cyclic N) is 1. The Hall–Kier alpha value is -3.05. The van der Waals surface area contributed by atoms with Gasteiger partial charge in [0.05, 0.1) is 4.90 Å². The molecule has 0 aliphatic carbocycles. The minimum absolute atomic E-state index is 0.107. The molecule has 3 atom stereocenters. The summed E-state index contributed by atoms with van der Waals surface area (Å²) in [6, 6.07) is 24.0. The molecule has 1 aliphatic heterocycles. The molecule has 4 aromatic rings. The molecule has 38 heavy (non-hydrogen) atoms. The van der Waals surface area contributed by atoms with Gasteiger partial charge in [0.2, 0.25) is 10.0 Å². The molecule has 0 saturated carbocycles. The Morgan fingerprint density at radius 3 is 2.39 bits per heavy atom. The van der Waals surface area contributed by atoms with Crippen molar-refractivity contribution >= 4 is 38.9 Å². The molecule has 7 nitrogen and oxygen atoms in total. The van der Waals surface area contributed by atoms with Gasteiger partial charge in [0.1, 0.15) is 12.1 Å². The van der Waals surface area contributed by atoms with E-state index >= 15 is 0 Å². The van der Waals surface area contributed by atoms with Crippen LogP contribution in [0.3, 0.4) is 0 Å². The van der Waals surface area contributed by atoms with Crippen LogP contribution in [0.4, 0.5) is 0 Å². The zero-order valence-electron chi connectivity index (χ0n) is 20.1. The lowest BCUT2D eigenvalue weighted by Gasteiger charge is -2.33. The Balaban J connectivity index is 1.58. The molecule has 0 fully saturated rings. The molecule has 3 aromatic carbocycles. The first-order chi connectivity index (χ1) is 18.3. The van der Waals surface area contributed by atoms with Gasteiger partial charge in [-0.2, -0.15) is 4.31 Å². The molecule has 196 valence electrons. The summed E-state index contributed by atoms with van der Waals surface area (Å²) in [6.07, 6.45) is -0.857. The largest absolute Gasteiger partial charge is 0.386 e. The summed E-state index contributed by atoms with van der Waals surface area (Å²) in [6.45, 7) is -0.357. The lowest BCUT2D eigenvalue weighted by molar-refractivity contribution is -0.134. The summed E-state index contributed by atoms with van der Waals surface area (Å²) in [5, 5.41) is 22.8. The van der Waals surface area contributed by atoms with Gasteiger partial charge in [0, 0.05) is 22.4 Å². The monoisotopic (exact) mass is 568 g/mol. The van der Waals surface area contributed by atoms with Gasteiger partial charge in [-0.05, 0) is 58.3 Å². The number of carbonyl (C=O) groups excluding carboxylic acids is 1. The second kappa shape index (κ2) is 11.0. The van der Waals surface area contributed by atoms with Crippen molar-refractivity contribution in [2.24, 2.45) is 0 Å². The normalized spacial score (nSPS) is 19.9. The van der Waals surface area contributed by atoms with Crippen LogP contribution < -0.4 is 5.48 Å². The molecule has 1 aromatic heterocycles. The fourth-order valence-corrected chi connectivity index (χ4v) is 7.85. The molecule has 0 saturated heterocycles. The van der Waals surface area contributed by atoms with E-state index in [0.29, 0.717) is 16.9 Å². The second-order valence-electron chi connectivity index (χ2n) is 9.08. The smallest absolute Gasteiger partial charge is 0.262 e. The number of halogens is 1. The first-order valence-corrected chi connectivity index (χ1v) is 14.6. The van der Waals surface area contributed by atoms with Crippen molar-refractivity contribution in [2.45, 2.75) is 29.4 Å². The number of benzene rings is 3. The summed E-state index contributed by atoms with van der Waals surface area (Å²) < 4.78 is 28.7. The van der Waals surface area contributed by atoms with Crippen LogP contribution in [0.25, 0.3) is 11.1 Å². The molecule has 1 amide bonds. The molecule has 2 heterocycles. The van der Waals surface area contributed by atoms with Crippen molar-refractivity contribution in [3.63, 3.8) is 0 Å². The van der Waals surface area contributed by atoms with Gasteiger partial charge < -0.3 is 5.11 Å². The number of aliphatic hydroxyl groups is 1. The predicted octanol–water partition coefficient (Wildman–Crippen LogP) is 5.01. The van der Waals surface area contributed by atoms with Crippen LogP contribution >= 0.6 is 22.9 Å². The highest BCUT2D eigenvalue weighted by molar-refractivity contribution is 7.89. The maximum absolute atomic E-state index is 13.8. The van der Waals surface area contributed by atoms with Crippen LogP contribution in [0.15, 0.2) is 95.2 Å². The maximum atomic E-state index is 13.8. The number of sulfonamides is 1. The third kappa shape index (κ3) is 5.13. The van der Waals surface area contributed by atoms with Crippen LogP contribution in [0.1, 0.15) is 28.0 Å². The number of rotatable bonds is 6. The third-order valence-electron chi connectivity index (χ3n) is 6.77. The van der Waals surface area contributed by atoms with Gasteiger partial charge in [-0.3, -0.25) is 10.0 Å². The lowest BCUT2D eigenvalue weighted by Crippen LogP contribution is -2.52. The highest BCUT2D eigenvalue weighted by Gasteiger charge is 2.46. The zero-order valence-corrected chi connectivity index (χ0v) is 22.5. The minimum Gasteiger partial charge on any atom is -0.386 e. The number of thiophene rings is 1. The summed E-state index contributed by atoms with van der Waals surface area (Å²) in [5.74, 6) is -1.56. The molecule has 0 bridgehead atoms. The lowest BCUT2D eigenvalue weighted by atomic mass is 9.85. The van der Waals surface area contributed by atoms with Crippen molar-refractivity contribution in [3.05, 3.63) is 111 Å². The Bertz CT molecular complexity index is 1540. The van der Waals surface area contributed by atoms with Gasteiger partial charge in [-0.15, -0.1) is 11.3 Å². The Kier molecular flexibility index (Phi) is 7.67. The van der Waals surface area contributed by atoms with Crippen molar-refractivity contribution in [1.82, 2.24) is 9.79 Å². The van der Waals surface area contributed by atoms with Crippen LogP contribution in [0.2, 0.25) is 5.02 Å². The number of nitrogens with one attached hydrogen (secondary N) is 1. The number of nitrogens with zero attached hydrogens (tertiary/aromatic N) is 1. The van der Waals surface area contributed by atoms with E-state index in [1.165, 1.54) is 29.5 Å². The number of aliphatic hydroxyl groups excluding tert-OH is 1. The third-order valence-corrected chi connectivity index (χ3v) is 9.88. The molecule has 1 aliphatic rings. The Labute approximate surface area is 230 Å². The van der Waals surface area contributed by atoms with Gasteiger partial charge in [0.15, 0.2) is 0 Å². The summed E-state index contributed by atoms with van der Waals surface area (Å²) in [4.78, 5) is 13.7. The molecule has 5 rings (SSSR count). The van der Waals surface area contributed by atoms with E-state index in [2.05, 4.69) is 0 Å². The first kappa shape index (κ1) is 26.6. The number of carbonyl (C=O) groups is 1. The maximum Gasteiger partial charge on any atom is 0.262 e. The SMILES string of the molecule is O=C(NO)[C@H]1[C@@H](Cc2ccc(-c3ccccc3)cc2)c2ccsc2[C@@H](O)CN1S(=O)(=O)c1cccc(Cl)c1. The minimum atomic E-state index is -4.29. The fourth-order valence-electron chi connectivity index (χ4n) is 4.98. The Morgan fingerprint density at radius 1 is 1.00 bits per heavy atom. The van der Waals surface area contributed by atoms with Gasteiger partial charge in [-0.1, -0.05) is 72.3 Å². The average molecular weight is 569 g/mol. The highest BCUT2D eigenvalue weighted by atomic mass is 35.5. The van der Waals surface area contributed by atoms with E-state index in [9.17, 15) is 23.5 Å². The van der Waals surface area contributed by atoms with E-state index in [1.54, 1.807) is 17.6 Å². The predicted molar refractivity (Wildman–Crippen MR) is 147 cm³/mol. The van der Waals surface area contributed by atoms with Gasteiger partial charge in [0.25, 0.3) is 5.91 Å². The first-order valence-electron chi connectivity index (χ1n) is 11.9. The number of amides is 1. The molecule has 10 heteroatoms. The van der Waals surface area contributed by atoms with Crippen molar-refractivity contribution in [1.29, 1.82) is 0 Å². The van der Waals surface area contributed by atoms with Crippen LogP contribution in [-0.4, -0.2) is 41.5 Å². The number of hydrogen-bond acceptors (Lipinski definition) is 6. The molecule has 3 N–H and O–H groups in total. The molecule has 0 radical (unpaired) electrons. The second-order valence-corrected chi connectivity index (χ2v) is 12.4. The van der Waals surface area contributed by atoms with Crippen molar-refractivity contribution in [2.75, 3.05) is 6.54 Å². The summed E-state index contributed by atoms with van der Waals surface area (Å²) in [5.41, 5.74) is 5.30. The van der Waals surface area contributed by atoms with E-state index in [0.717, 1.165) is 21.0 Å². The van der Waals surface area contributed by atoms with E-state index in [-0.39, 0.29) is 16.5 Å². The molecule has 0 spiro atoms. The van der Waals surface area contributed by atoms with Crippen LogP contribution in [-0.2, 0) is 21.2 Å².